The quantitative estimate of drug-likeness (QED) is 0.143. The maximum Gasteiger partial charge on any atom is -0.0253 e. The van der Waals surface area contributed by atoms with E-state index in [0.717, 1.165) is 25.7 Å². The third-order valence-electron chi connectivity index (χ3n) is 7.35. The number of rotatable bonds is 0. The number of benzene rings is 4. The van der Waals surface area contributed by atoms with Gasteiger partial charge in [0.2, 0.25) is 0 Å². The van der Waals surface area contributed by atoms with Crippen molar-refractivity contribution < 1.29 is 64.8 Å². The van der Waals surface area contributed by atoms with Crippen LogP contribution in [0.15, 0.2) is 97.1 Å². The van der Waals surface area contributed by atoms with Crippen LogP contribution in [0, 0.1) is 52.0 Å². The number of allylic oxidation sites excluding steroid dienone is 8. The third kappa shape index (κ3) is 15.9. The van der Waals surface area contributed by atoms with Crippen molar-refractivity contribution >= 4 is 7.62 Å². The standard InChI is InChI=1S/2C15H13.2C5H5.2C3H6.2ClH.2Ti/c2*1-10-3-5-14-12(7-10)9-13-8-11(2)4-6-15(13)14;2*1-2-4-5-3-1;2*1-3-2;;;;/h2*3-7H,9H2,1-2H3;2*1-3H,4H2;2*1-2H3;2*1H;;/q4*-1;;;;;2*+2/p-2. The fourth-order valence-electron chi connectivity index (χ4n) is 5.42. The van der Waals surface area contributed by atoms with E-state index in [2.05, 4.69) is 192 Å². The van der Waals surface area contributed by atoms with Gasteiger partial charge in [-0.3, -0.25) is 12.2 Å². The summed E-state index contributed by atoms with van der Waals surface area (Å²) < 4.78 is 2.83. The van der Waals surface area contributed by atoms with Crippen LogP contribution in [-0.4, -0.2) is 7.62 Å². The Bertz CT molecular complexity index is 1580. The fraction of sp³-hybridized carbons (Fsp3) is 0.261. The van der Waals surface area contributed by atoms with Gasteiger partial charge in [-0.2, -0.15) is 59.7 Å². The van der Waals surface area contributed by atoms with Crippen LogP contribution in [0.5, 0.6) is 0 Å². The van der Waals surface area contributed by atoms with Crippen molar-refractivity contribution in [3.8, 4) is 22.3 Å². The summed E-state index contributed by atoms with van der Waals surface area (Å²) in [5.74, 6) is 0. The zero-order chi connectivity index (χ0) is 35.1. The molecule has 4 aromatic rings. The van der Waals surface area contributed by atoms with Crippen molar-refractivity contribution in [2.24, 2.45) is 0 Å². The van der Waals surface area contributed by atoms with E-state index in [1.165, 1.54) is 74.4 Å². The summed E-state index contributed by atoms with van der Waals surface area (Å²) in [6, 6.07) is 29.1. The van der Waals surface area contributed by atoms with Gasteiger partial charge in [-0.25, -0.2) is 24.3 Å². The molecule has 0 saturated carbocycles. The SMILES string of the molecule is C[C](C)=[Ti+2].C[C](C)=[Ti+2].Cc1[c-]c2c(cc1)-c1ccc(C)cc1C2.Cc1[c-]c2c(cc1)-c1ccc(C)cc1C2.[C-]1=CC=CC1.[C-]1=CC=CC1.[Cl-].[Cl-]. The van der Waals surface area contributed by atoms with E-state index in [1.54, 1.807) is 0 Å². The first-order valence-corrected chi connectivity index (χ1v) is 18.2. The Morgan fingerprint density at radius 2 is 0.860 bits per heavy atom. The summed E-state index contributed by atoms with van der Waals surface area (Å²) in [5, 5.41) is 0. The molecule has 8 rings (SSSR count). The first kappa shape index (κ1) is 45.6. The second-order valence-electron chi connectivity index (χ2n) is 12.7. The van der Waals surface area contributed by atoms with E-state index < -0.39 is 0 Å². The molecular weight excluding hydrogens is 719 g/mol. The predicted molar refractivity (Wildman–Crippen MR) is 202 cm³/mol. The largest absolute Gasteiger partial charge is 1.00 e. The van der Waals surface area contributed by atoms with E-state index in [9.17, 15) is 0 Å². The van der Waals surface area contributed by atoms with Crippen LogP contribution in [0.2, 0.25) is 0 Å². The van der Waals surface area contributed by atoms with Gasteiger partial charge >= 0.3 is 75.3 Å². The Kier molecular flexibility index (Phi) is 21.8. The van der Waals surface area contributed by atoms with Crippen LogP contribution in [-0.2, 0) is 52.8 Å². The van der Waals surface area contributed by atoms with Gasteiger partial charge in [0.25, 0.3) is 0 Å². The molecule has 0 radical (unpaired) electrons. The van der Waals surface area contributed by atoms with Gasteiger partial charge in [-0.15, -0.1) is 35.1 Å². The molecule has 0 bridgehead atoms. The molecule has 0 spiro atoms. The molecule has 0 heterocycles. The maximum atomic E-state index is 3.45. The molecule has 50 heavy (non-hydrogen) atoms. The molecule has 0 nitrogen and oxygen atoms in total. The number of halogens is 2. The minimum absolute atomic E-state index is 0. The van der Waals surface area contributed by atoms with Crippen LogP contribution in [0.1, 0.15) is 85.0 Å². The summed E-state index contributed by atoms with van der Waals surface area (Å²) in [5.41, 5.74) is 16.3. The van der Waals surface area contributed by atoms with Crippen LogP contribution < -0.4 is 24.8 Å². The Hall–Kier alpha value is -2.41. The maximum absolute atomic E-state index is 3.45. The van der Waals surface area contributed by atoms with Gasteiger partial charge in [0, 0.05) is 0 Å². The van der Waals surface area contributed by atoms with Crippen molar-refractivity contribution in [3.05, 3.63) is 166 Å². The van der Waals surface area contributed by atoms with Gasteiger partial charge in [-0.05, 0) is 37.8 Å². The normalized spacial score (nSPS) is 12.1. The summed E-state index contributed by atoms with van der Waals surface area (Å²) in [4.78, 5) is 0. The number of hydrogen-bond acceptors (Lipinski definition) is 0. The van der Waals surface area contributed by atoms with Crippen molar-refractivity contribution in [3.63, 3.8) is 0 Å². The van der Waals surface area contributed by atoms with Gasteiger partial charge in [0.1, 0.15) is 0 Å². The summed E-state index contributed by atoms with van der Waals surface area (Å²) >= 11 is 4.17. The average molecular weight is 768 g/mol. The molecule has 256 valence electrons. The number of aryl methyl sites for hydroxylation is 4. The molecule has 4 heteroatoms. The first-order valence-electron chi connectivity index (χ1n) is 16.6. The molecule has 4 aromatic carbocycles. The predicted octanol–water partition coefficient (Wildman–Crippen LogP) is 5.46. The molecule has 0 saturated heterocycles. The minimum atomic E-state index is 0. The molecule has 0 aromatic heterocycles. The molecule has 0 fully saturated rings. The number of fused-ring (bicyclic) bond motifs is 6. The van der Waals surface area contributed by atoms with Gasteiger partial charge in [0.05, 0.1) is 0 Å². The third-order valence-corrected chi connectivity index (χ3v) is 7.35. The zero-order valence-electron chi connectivity index (χ0n) is 30.8. The molecule has 0 amide bonds. The van der Waals surface area contributed by atoms with Crippen molar-refractivity contribution in [1.29, 1.82) is 0 Å². The molecule has 4 aliphatic carbocycles. The smallest absolute Gasteiger partial charge is 0.0253 e. The van der Waals surface area contributed by atoms with Crippen LogP contribution >= 0.6 is 0 Å². The second kappa shape index (κ2) is 23.9. The van der Waals surface area contributed by atoms with E-state index in [0.29, 0.717) is 0 Å². The molecule has 0 aliphatic heterocycles. The van der Waals surface area contributed by atoms with Crippen LogP contribution in [0.4, 0.5) is 0 Å². The Morgan fingerprint density at radius 1 is 0.520 bits per heavy atom. The van der Waals surface area contributed by atoms with E-state index in [-0.39, 0.29) is 24.8 Å². The number of hydrogen-bond donors (Lipinski definition) is 0. The molecule has 0 N–H and O–H groups in total. The average Bonchev–Trinajstić information content (AvgIpc) is 3.84. The van der Waals surface area contributed by atoms with Crippen LogP contribution in [0.25, 0.3) is 22.3 Å². The molecular formula is C46H48Cl2Ti2-2. The summed E-state index contributed by atoms with van der Waals surface area (Å²) in [6.45, 7) is 16.8. The molecule has 4 aliphatic rings. The Morgan fingerprint density at radius 3 is 1.14 bits per heavy atom. The van der Waals surface area contributed by atoms with Gasteiger partial charge in [0.15, 0.2) is 0 Å². The van der Waals surface area contributed by atoms with Gasteiger partial charge in [-0.1, -0.05) is 72.5 Å². The van der Waals surface area contributed by atoms with E-state index in [4.69, 9.17) is 0 Å². The van der Waals surface area contributed by atoms with E-state index in [1.807, 2.05) is 24.3 Å². The Balaban J connectivity index is 0.000000331. The first-order chi connectivity index (χ1) is 22.9. The zero-order valence-corrected chi connectivity index (χ0v) is 35.5. The van der Waals surface area contributed by atoms with Gasteiger partial charge < -0.3 is 24.8 Å². The summed E-state index contributed by atoms with van der Waals surface area (Å²) in [7, 11) is 0. The summed E-state index contributed by atoms with van der Waals surface area (Å²) in [6.07, 6.45) is 22.1. The fourth-order valence-corrected chi connectivity index (χ4v) is 5.42. The molecule has 0 unspecified atom stereocenters. The Labute approximate surface area is 338 Å². The topological polar surface area (TPSA) is 0 Å². The van der Waals surface area contributed by atoms with Crippen molar-refractivity contribution in [2.75, 3.05) is 0 Å². The second-order valence-corrected chi connectivity index (χ2v) is 15.9. The van der Waals surface area contributed by atoms with Crippen molar-refractivity contribution in [1.82, 2.24) is 0 Å². The minimum Gasteiger partial charge on any atom is -1.00 e. The van der Waals surface area contributed by atoms with E-state index >= 15 is 0 Å². The monoisotopic (exact) mass is 766 g/mol. The van der Waals surface area contributed by atoms with Crippen LogP contribution in [0.3, 0.4) is 0 Å². The van der Waals surface area contributed by atoms with Crippen molar-refractivity contribution in [2.45, 2.75) is 81.1 Å². The molecule has 0 atom stereocenters.